The van der Waals surface area contributed by atoms with E-state index in [2.05, 4.69) is 10.5 Å². The molecule has 140 valence electrons. The van der Waals surface area contributed by atoms with Crippen molar-refractivity contribution in [3.05, 3.63) is 94.9 Å². The van der Waals surface area contributed by atoms with Crippen LogP contribution < -0.4 is 10.2 Å². The van der Waals surface area contributed by atoms with Crippen LogP contribution in [0.1, 0.15) is 21.7 Å². The molecule has 3 rings (SSSR count). The molecule has 1 N–H and O–H groups in total. The number of rotatable bonds is 6. The van der Waals surface area contributed by atoms with Crippen LogP contribution in [0.4, 0.5) is 0 Å². The summed E-state index contributed by atoms with van der Waals surface area (Å²) in [5, 5.41) is 4.45. The number of amides is 1. The van der Waals surface area contributed by atoms with E-state index < -0.39 is 5.97 Å². The van der Waals surface area contributed by atoms with Crippen molar-refractivity contribution in [3.8, 4) is 5.75 Å². The normalized spacial score (nSPS) is 11.0. The lowest BCUT2D eigenvalue weighted by Gasteiger charge is -2.02. The predicted octanol–water partition coefficient (Wildman–Crippen LogP) is 4.32. The van der Waals surface area contributed by atoms with Gasteiger partial charge < -0.3 is 9.15 Å². The third-order valence-electron chi connectivity index (χ3n) is 3.49. The number of nitrogens with zero attached hydrogens (tertiary/aromatic N) is 1. The molecule has 0 spiro atoms. The molecule has 0 saturated heterocycles. The topological polar surface area (TPSA) is 80.9 Å². The number of carbonyl (C=O) groups is 2. The van der Waals surface area contributed by atoms with Gasteiger partial charge in [-0.15, -0.1) is 0 Å². The van der Waals surface area contributed by atoms with Crippen LogP contribution in [-0.4, -0.2) is 18.1 Å². The highest BCUT2D eigenvalue weighted by atomic mass is 35.5. The molecule has 0 aliphatic rings. The number of hydrazone groups is 1. The van der Waals surface area contributed by atoms with Crippen LogP contribution in [0.5, 0.6) is 5.75 Å². The first-order chi connectivity index (χ1) is 13.6. The average Bonchev–Trinajstić information content (AvgIpc) is 3.21. The molecule has 0 bridgehead atoms. The van der Waals surface area contributed by atoms with E-state index in [0.29, 0.717) is 27.7 Å². The largest absolute Gasteiger partial charge is 0.465 e. The number of hydrogen-bond donors (Lipinski definition) is 1. The van der Waals surface area contributed by atoms with E-state index in [9.17, 15) is 9.59 Å². The molecule has 3 aromatic rings. The lowest BCUT2D eigenvalue weighted by molar-refractivity contribution is -0.128. The summed E-state index contributed by atoms with van der Waals surface area (Å²) in [6.07, 6.45) is 5.75. The van der Waals surface area contributed by atoms with E-state index in [-0.39, 0.29) is 5.91 Å². The molecule has 0 aliphatic heterocycles. The van der Waals surface area contributed by atoms with Gasteiger partial charge in [0.15, 0.2) is 0 Å². The Morgan fingerprint density at radius 2 is 1.89 bits per heavy atom. The van der Waals surface area contributed by atoms with Gasteiger partial charge in [-0.2, -0.15) is 5.10 Å². The van der Waals surface area contributed by atoms with Crippen LogP contribution in [0, 0.1) is 0 Å². The molecule has 6 nitrogen and oxygen atoms in total. The fourth-order valence-corrected chi connectivity index (χ4v) is 2.30. The van der Waals surface area contributed by atoms with Gasteiger partial charge in [0.05, 0.1) is 12.5 Å². The Hall–Kier alpha value is -3.64. The first kappa shape index (κ1) is 19.1. The SMILES string of the molecule is O=C(/C=C/c1ccco1)Oc1cccc(/C=N/NC(=O)c2ccc(Cl)cc2)c1. The maximum absolute atomic E-state index is 12.0. The Labute approximate surface area is 166 Å². The van der Waals surface area contributed by atoms with Crippen molar-refractivity contribution in [1.29, 1.82) is 0 Å². The van der Waals surface area contributed by atoms with Gasteiger partial charge in [-0.1, -0.05) is 23.7 Å². The second kappa shape index (κ2) is 9.34. The molecule has 7 heteroatoms. The Bertz CT molecular complexity index is 1010. The van der Waals surface area contributed by atoms with Crippen LogP contribution in [0.25, 0.3) is 6.08 Å². The Kier molecular flexibility index (Phi) is 6.38. The summed E-state index contributed by atoms with van der Waals surface area (Å²) in [5.41, 5.74) is 3.51. The highest BCUT2D eigenvalue weighted by molar-refractivity contribution is 6.30. The number of nitrogens with one attached hydrogen (secondary N) is 1. The van der Waals surface area contributed by atoms with Crippen LogP contribution in [0.3, 0.4) is 0 Å². The Morgan fingerprint density at radius 1 is 1.07 bits per heavy atom. The summed E-state index contributed by atoms with van der Waals surface area (Å²) < 4.78 is 10.3. The summed E-state index contributed by atoms with van der Waals surface area (Å²) >= 11 is 5.79. The molecule has 0 radical (unpaired) electrons. The maximum Gasteiger partial charge on any atom is 0.336 e. The van der Waals surface area contributed by atoms with E-state index in [1.165, 1.54) is 24.6 Å². The van der Waals surface area contributed by atoms with E-state index in [1.54, 1.807) is 60.7 Å². The zero-order chi connectivity index (χ0) is 19.8. The molecule has 0 aliphatic carbocycles. The summed E-state index contributed by atoms with van der Waals surface area (Å²) in [5.74, 6) is -0.00331. The fourth-order valence-electron chi connectivity index (χ4n) is 2.18. The molecule has 0 atom stereocenters. The minimum absolute atomic E-state index is 0.349. The predicted molar refractivity (Wildman–Crippen MR) is 106 cm³/mol. The zero-order valence-electron chi connectivity index (χ0n) is 14.5. The number of benzene rings is 2. The standard InChI is InChI=1S/C21H15ClN2O4/c22-17-8-6-16(7-9-17)21(26)24-23-14-15-3-1-4-19(13-15)28-20(25)11-10-18-5-2-12-27-18/h1-14H,(H,24,26)/b11-10+,23-14+. The second-order valence-corrected chi connectivity index (χ2v) is 5.98. The molecular weight excluding hydrogens is 380 g/mol. The number of esters is 1. The van der Waals surface area contributed by atoms with Crippen LogP contribution >= 0.6 is 11.6 Å². The Balaban J connectivity index is 1.56. The third kappa shape index (κ3) is 5.69. The quantitative estimate of drug-likeness (QED) is 0.222. The van der Waals surface area contributed by atoms with E-state index in [0.717, 1.165) is 0 Å². The van der Waals surface area contributed by atoms with Crippen LogP contribution in [-0.2, 0) is 4.79 Å². The van der Waals surface area contributed by atoms with Crippen molar-refractivity contribution in [1.82, 2.24) is 5.43 Å². The fraction of sp³-hybridized carbons (Fsp3) is 0. The van der Waals surface area contributed by atoms with Crippen LogP contribution in [0.15, 0.2) is 82.5 Å². The van der Waals surface area contributed by atoms with Crippen molar-refractivity contribution < 1.29 is 18.7 Å². The smallest absolute Gasteiger partial charge is 0.336 e. The third-order valence-corrected chi connectivity index (χ3v) is 3.74. The minimum atomic E-state index is -0.540. The summed E-state index contributed by atoms with van der Waals surface area (Å²) in [4.78, 5) is 23.8. The lowest BCUT2D eigenvalue weighted by Crippen LogP contribution is -2.17. The van der Waals surface area contributed by atoms with Gasteiger partial charge in [0.1, 0.15) is 11.5 Å². The second-order valence-electron chi connectivity index (χ2n) is 5.55. The van der Waals surface area contributed by atoms with Crippen molar-refractivity contribution in [3.63, 3.8) is 0 Å². The first-order valence-electron chi connectivity index (χ1n) is 8.22. The van der Waals surface area contributed by atoms with Gasteiger partial charge >= 0.3 is 5.97 Å². The number of carbonyl (C=O) groups excluding carboxylic acids is 2. The van der Waals surface area contributed by atoms with Gasteiger partial charge in [0.2, 0.25) is 0 Å². The molecule has 0 unspecified atom stereocenters. The molecule has 2 aromatic carbocycles. The van der Waals surface area contributed by atoms with Crippen molar-refractivity contribution in [2.75, 3.05) is 0 Å². The lowest BCUT2D eigenvalue weighted by atomic mass is 10.2. The highest BCUT2D eigenvalue weighted by Gasteiger charge is 2.04. The molecule has 1 aromatic heterocycles. The number of halogens is 1. The average molecular weight is 395 g/mol. The van der Waals surface area contributed by atoms with E-state index in [4.69, 9.17) is 20.8 Å². The van der Waals surface area contributed by atoms with E-state index in [1.807, 2.05) is 0 Å². The molecule has 0 saturated carbocycles. The summed E-state index contributed by atoms with van der Waals surface area (Å²) in [7, 11) is 0. The number of furan rings is 1. The number of ether oxygens (including phenoxy) is 1. The summed E-state index contributed by atoms with van der Waals surface area (Å²) in [6, 6.07) is 16.6. The van der Waals surface area contributed by atoms with Crippen LogP contribution in [0.2, 0.25) is 5.02 Å². The Morgan fingerprint density at radius 3 is 2.64 bits per heavy atom. The van der Waals surface area contributed by atoms with Crippen molar-refractivity contribution in [2.24, 2.45) is 5.10 Å². The van der Waals surface area contributed by atoms with Gasteiger partial charge in [-0.25, -0.2) is 10.2 Å². The zero-order valence-corrected chi connectivity index (χ0v) is 15.3. The summed E-state index contributed by atoms with van der Waals surface area (Å²) in [6.45, 7) is 0. The van der Waals surface area contributed by atoms with Gasteiger partial charge in [-0.05, 0) is 60.2 Å². The molecule has 1 heterocycles. The molecule has 28 heavy (non-hydrogen) atoms. The molecular formula is C21H15ClN2O4. The maximum atomic E-state index is 12.0. The van der Waals surface area contributed by atoms with Gasteiger partial charge in [0.25, 0.3) is 5.91 Å². The van der Waals surface area contributed by atoms with Gasteiger partial charge in [0, 0.05) is 16.7 Å². The monoisotopic (exact) mass is 394 g/mol. The first-order valence-corrected chi connectivity index (χ1v) is 8.60. The van der Waals surface area contributed by atoms with E-state index >= 15 is 0 Å². The number of hydrogen-bond acceptors (Lipinski definition) is 5. The van der Waals surface area contributed by atoms with Crippen molar-refractivity contribution in [2.45, 2.75) is 0 Å². The van der Waals surface area contributed by atoms with Gasteiger partial charge in [-0.3, -0.25) is 4.79 Å². The minimum Gasteiger partial charge on any atom is -0.465 e. The highest BCUT2D eigenvalue weighted by Crippen LogP contribution is 2.13. The molecule has 1 amide bonds. The molecule has 0 fully saturated rings. The van der Waals surface area contributed by atoms with Crippen molar-refractivity contribution >= 4 is 35.8 Å².